The molecule has 0 aliphatic carbocycles. The van der Waals surface area contributed by atoms with Crippen molar-refractivity contribution in [2.24, 2.45) is 0 Å². The van der Waals surface area contributed by atoms with Crippen LogP contribution in [0.25, 0.3) is 0 Å². The molecule has 0 saturated heterocycles. The Morgan fingerprint density at radius 1 is 1.54 bits per heavy atom. The van der Waals surface area contributed by atoms with Crippen LogP contribution in [0.5, 0.6) is 0 Å². The van der Waals surface area contributed by atoms with Gasteiger partial charge in [-0.25, -0.2) is 13.4 Å². The van der Waals surface area contributed by atoms with E-state index in [2.05, 4.69) is 22.9 Å². The smallest absolute Gasteiger partial charge is 0.172 e. The van der Waals surface area contributed by atoms with E-state index in [1.54, 1.807) is 19.1 Å². The van der Waals surface area contributed by atoms with Gasteiger partial charge in [-0.1, -0.05) is 6.58 Å². The maximum Gasteiger partial charge on any atom is 0.172 e. The molecule has 24 heavy (non-hydrogen) atoms. The molecule has 0 aromatic carbocycles. The van der Waals surface area contributed by atoms with Crippen molar-refractivity contribution in [2.75, 3.05) is 49.8 Å². The number of methoxy groups -OCH3 is 1. The summed E-state index contributed by atoms with van der Waals surface area (Å²) in [5.74, 6) is 1.03. The van der Waals surface area contributed by atoms with E-state index >= 15 is 0 Å². The van der Waals surface area contributed by atoms with Crippen molar-refractivity contribution >= 4 is 21.5 Å². The number of anilines is 2. The molecule has 0 amide bonds. The van der Waals surface area contributed by atoms with Crippen molar-refractivity contribution in [3.05, 3.63) is 29.2 Å². The number of pyridine rings is 1. The predicted molar refractivity (Wildman–Crippen MR) is 95.9 cm³/mol. The average Bonchev–Trinajstić information content (AvgIpc) is 2.56. The molecule has 0 radical (unpaired) electrons. The van der Waals surface area contributed by atoms with Gasteiger partial charge in [-0.15, -0.1) is 0 Å². The van der Waals surface area contributed by atoms with E-state index in [-0.39, 0.29) is 12.3 Å². The lowest BCUT2D eigenvalue weighted by molar-refractivity contribution is 0.198. The maximum absolute atomic E-state index is 11.6. The average molecular weight is 352 g/mol. The van der Waals surface area contributed by atoms with E-state index in [1.807, 2.05) is 13.0 Å². The third-order valence-corrected chi connectivity index (χ3v) is 4.73. The van der Waals surface area contributed by atoms with Crippen LogP contribution in [-0.4, -0.2) is 53.0 Å². The van der Waals surface area contributed by atoms with E-state index in [4.69, 9.17) is 4.74 Å². The number of rotatable bonds is 10. The molecule has 0 atom stereocenters. The molecule has 7 nitrogen and oxygen atoms in total. The van der Waals surface area contributed by atoms with E-state index in [1.165, 1.54) is 0 Å². The van der Waals surface area contributed by atoms with E-state index < -0.39 is 9.84 Å². The first-order valence-corrected chi connectivity index (χ1v) is 9.27. The van der Waals surface area contributed by atoms with Gasteiger partial charge in [0.1, 0.15) is 17.7 Å². The summed E-state index contributed by atoms with van der Waals surface area (Å²) < 4.78 is 28.1. The maximum atomic E-state index is 11.6. The van der Waals surface area contributed by atoms with Gasteiger partial charge in [-0.3, -0.25) is 0 Å². The van der Waals surface area contributed by atoms with Gasteiger partial charge in [0.2, 0.25) is 0 Å². The first-order chi connectivity index (χ1) is 11.3. The molecule has 8 heteroatoms. The predicted octanol–water partition coefficient (Wildman–Crippen LogP) is 1.70. The van der Waals surface area contributed by atoms with Crippen molar-refractivity contribution in [3.63, 3.8) is 0 Å². The number of nitriles is 1. The molecule has 0 saturated carbocycles. The molecule has 1 N–H and O–H groups in total. The van der Waals surface area contributed by atoms with Gasteiger partial charge in [0.25, 0.3) is 0 Å². The second-order valence-corrected chi connectivity index (χ2v) is 7.43. The Morgan fingerprint density at radius 3 is 2.83 bits per heavy atom. The minimum atomic E-state index is -3.30. The molecule has 1 aromatic heterocycles. The monoisotopic (exact) mass is 352 g/mol. The number of aryl methyl sites for hydroxylation is 1. The number of hydrogen-bond acceptors (Lipinski definition) is 7. The van der Waals surface area contributed by atoms with Crippen molar-refractivity contribution in [3.8, 4) is 6.07 Å². The SMILES string of the molecule is C=CS(=O)(=O)CCN(C)c1nc(NCCCOC)cc(C)c1C#N. The molecule has 1 heterocycles. The Labute approximate surface area is 143 Å². The minimum Gasteiger partial charge on any atom is -0.385 e. The number of aromatic nitrogens is 1. The first-order valence-electron chi connectivity index (χ1n) is 7.55. The quantitative estimate of drug-likeness (QED) is 0.640. The highest BCUT2D eigenvalue weighted by Gasteiger charge is 2.16. The zero-order chi connectivity index (χ0) is 18.2. The summed E-state index contributed by atoms with van der Waals surface area (Å²) in [6.07, 6.45) is 0.833. The molecule has 0 spiro atoms. The van der Waals surface area contributed by atoms with Crippen LogP contribution < -0.4 is 10.2 Å². The zero-order valence-electron chi connectivity index (χ0n) is 14.4. The van der Waals surface area contributed by atoms with Gasteiger partial charge in [0, 0.05) is 39.3 Å². The van der Waals surface area contributed by atoms with Gasteiger partial charge >= 0.3 is 0 Å². The van der Waals surface area contributed by atoms with Gasteiger partial charge in [0.15, 0.2) is 9.84 Å². The Bertz CT molecular complexity index is 711. The highest BCUT2D eigenvalue weighted by Crippen LogP contribution is 2.23. The highest BCUT2D eigenvalue weighted by molar-refractivity contribution is 7.94. The van der Waals surface area contributed by atoms with Gasteiger partial charge in [-0.05, 0) is 25.0 Å². The third-order valence-electron chi connectivity index (χ3n) is 3.47. The number of ether oxygens (including phenoxy) is 1. The molecule has 0 fully saturated rings. The summed E-state index contributed by atoms with van der Waals surface area (Å²) in [5.41, 5.74) is 1.23. The van der Waals surface area contributed by atoms with Crippen LogP contribution in [-0.2, 0) is 14.6 Å². The molecular weight excluding hydrogens is 328 g/mol. The fraction of sp³-hybridized carbons (Fsp3) is 0.500. The summed E-state index contributed by atoms with van der Waals surface area (Å²) in [7, 11) is 0.0646. The Kier molecular flexibility index (Phi) is 7.68. The molecule has 0 unspecified atom stereocenters. The minimum absolute atomic E-state index is 0.0793. The molecule has 1 rings (SSSR count). The molecule has 132 valence electrons. The lowest BCUT2D eigenvalue weighted by Crippen LogP contribution is -2.26. The van der Waals surface area contributed by atoms with Crippen LogP contribution in [0.15, 0.2) is 18.1 Å². The Balaban J connectivity index is 2.96. The van der Waals surface area contributed by atoms with Crippen LogP contribution in [0.4, 0.5) is 11.6 Å². The van der Waals surface area contributed by atoms with Gasteiger partial charge < -0.3 is 15.0 Å². The lowest BCUT2D eigenvalue weighted by atomic mass is 10.1. The summed E-state index contributed by atoms with van der Waals surface area (Å²) in [6.45, 7) is 6.70. The topological polar surface area (TPSA) is 95.3 Å². The standard InChI is InChI=1S/C16H24N4O3S/c1-5-24(21,22)10-8-20(3)16-14(12-17)13(2)11-15(19-16)18-7-6-9-23-4/h5,11H,1,6-10H2,2-4H3,(H,18,19). The molecule has 0 aliphatic heterocycles. The second kappa shape index (κ2) is 9.25. The lowest BCUT2D eigenvalue weighted by Gasteiger charge is -2.21. The number of nitrogens with one attached hydrogen (secondary N) is 1. The van der Waals surface area contributed by atoms with Gasteiger partial charge in [-0.2, -0.15) is 5.26 Å². The largest absolute Gasteiger partial charge is 0.385 e. The third kappa shape index (κ3) is 5.83. The molecule has 0 aliphatic rings. The number of nitrogens with zero attached hydrogens (tertiary/aromatic N) is 3. The van der Waals surface area contributed by atoms with Crippen LogP contribution in [0.3, 0.4) is 0 Å². The van der Waals surface area contributed by atoms with Crippen LogP contribution in [0, 0.1) is 18.3 Å². The van der Waals surface area contributed by atoms with Crippen LogP contribution in [0.1, 0.15) is 17.5 Å². The van der Waals surface area contributed by atoms with E-state index in [0.717, 1.165) is 17.4 Å². The normalized spacial score (nSPS) is 10.9. The zero-order valence-corrected chi connectivity index (χ0v) is 15.2. The van der Waals surface area contributed by atoms with Crippen molar-refractivity contribution in [1.29, 1.82) is 5.26 Å². The number of sulfone groups is 1. The van der Waals surface area contributed by atoms with Crippen molar-refractivity contribution < 1.29 is 13.2 Å². The van der Waals surface area contributed by atoms with Crippen LogP contribution in [0.2, 0.25) is 0 Å². The summed E-state index contributed by atoms with van der Waals surface area (Å²) in [4.78, 5) is 6.13. The van der Waals surface area contributed by atoms with Crippen LogP contribution >= 0.6 is 0 Å². The molecular formula is C16H24N4O3S. The summed E-state index contributed by atoms with van der Waals surface area (Å²) in [6, 6.07) is 3.95. The highest BCUT2D eigenvalue weighted by atomic mass is 32.2. The summed E-state index contributed by atoms with van der Waals surface area (Å²) in [5, 5.41) is 13.5. The fourth-order valence-corrected chi connectivity index (χ4v) is 2.74. The van der Waals surface area contributed by atoms with E-state index in [0.29, 0.717) is 30.4 Å². The summed E-state index contributed by atoms with van der Waals surface area (Å²) >= 11 is 0. The Morgan fingerprint density at radius 2 is 2.25 bits per heavy atom. The first kappa shape index (κ1) is 19.9. The number of hydrogen-bond donors (Lipinski definition) is 1. The van der Waals surface area contributed by atoms with E-state index in [9.17, 15) is 13.7 Å². The molecule has 1 aromatic rings. The van der Waals surface area contributed by atoms with Gasteiger partial charge in [0.05, 0.1) is 11.3 Å². The van der Waals surface area contributed by atoms with Crippen molar-refractivity contribution in [1.82, 2.24) is 4.98 Å². The Hall–Kier alpha value is -2.11. The fourth-order valence-electron chi connectivity index (χ4n) is 2.05. The van der Waals surface area contributed by atoms with Crippen molar-refractivity contribution in [2.45, 2.75) is 13.3 Å². The second-order valence-electron chi connectivity index (χ2n) is 5.36. The molecule has 0 bridgehead atoms.